The quantitative estimate of drug-likeness (QED) is 0.849. The van der Waals surface area contributed by atoms with Crippen molar-refractivity contribution in [3.05, 3.63) is 48.0 Å². The first-order chi connectivity index (χ1) is 8.36. The zero-order chi connectivity index (χ0) is 11.7. The highest BCUT2D eigenvalue weighted by Gasteiger charge is 2.24. The van der Waals surface area contributed by atoms with Crippen molar-refractivity contribution in [2.75, 3.05) is 0 Å². The van der Waals surface area contributed by atoms with Crippen LogP contribution in [0.3, 0.4) is 0 Å². The molecule has 2 aromatic rings. The fraction of sp³-hybridized carbons (Fsp3) is 0.375. The monoisotopic (exact) mass is 261 g/mol. The molecule has 0 amide bonds. The van der Waals surface area contributed by atoms with E-state index in [1.807, 2.05) is 0 Å². The van der Waals surface area contributed by atoms with E-state index >= 15 is 0 Å². The van der Waals surface area contributed by atoms with Gasteiger partial charge in [-0.15, -0.1) is 12.4 Å². The van der Waals surface area contributed by atoms with E-state index in [0.29, 0.717) is 5.92 Å². The van der Waals surface area contributed by atoms with E-state index < -0.39 is 0 Å². The van der Waals surface area contributed by atoms with E-state index in [0.717, 1.165) is 0 Å². The Labute approximate surface area is 115 Å². The molecule has 1 aliphatic rings. The van der Waals surface area contributed by atoms with Gasteiger partial charge in [0.2, 0.25) is 0 Å². The molecular formula is C16H20ClN. The van der Waals surface area contributed by atoms with E-state index in [2.05, 4.69) is 42.5 Å². The van der Waals surface area contributed by atoms with Crippen LogP contribution in [0.5, 0.6) is 0 Å². The van der Waals surface area contributed by atoms with Crippen LogP contribution in [-0.2, 0) is 0 Å². The van der Waals surface area contributed by atoms with Crippen LogP contribution in [-0.4, -0.2) is 0 Å². The van der Waals surface area contributed by atoms with Crippen molar-refractivity contribution in [2.24, 2.45) is 11.7 Å². The van der Waals surface area contributed by atoms with Crippen LogP contribution in [0, 0.1) is 5.92 Å². The molecule has 0 unspecified atom stereocenters. The van der Waals surface area contributed by atoms with Gasteiger partial charge >= 0.3 is 0 Å². The van der Waals surface area contributed by atoms with Crippen molar-refractivity contribution < 1.29 is 0 Å². The lowest BCUT2D eigenvalue weighted by molar-refractivity contribution is 0.447. The summed E-state index contributed by atoms with van der Waals surface area (Å²) in [7, 11) is 0. The number of nitrogens with two attached hydrogens (primary N) is 1. The molecule has 0 aliphatic heterocycles. The van der Waals surface area contributed by atoms with Gasteiger partial charge in [-0.1, -0.05) is 55.3 Å². The molecule has 0 radical (unpaired) electrons. The lowest BCUT2D eigenvalue weighted by atomic mass is 9.89. The summed E-state index contributed by atoms with van der Waals surface area (Å²) in [6, 6.07) is 15.3. The van der Waals surface area contributed by atoms with Gasteiger partial charge in [-0.05, 0) is 35.1 Å². The highest BCUT2D eigenvalue weighted by atomic mass is 35.5. The van der Waals surface area contributed by atoms with Crippen molar-refractivity contribution in [3.63, 3.8) is 0 Å². The summed E-state index contributed by atoms with van der Waals surface area (Å²) in [5.74, 6) is 0.681. The van der Waals surface area contributed by atoms with Gasteiger partial charge in [0.15, 0.2) is 0 Å². The molecule has 0 spiro atoms. The maximum atomic E-state index is 6.47. The largest absolute Gasteiger partial charge is 0.324 e. The first-order valence-electron chi connectivity index (χ1n) is 6.59. The Balaban J connectivity index is 0.00000120. The van der Waals surface area contributed by atoms with E-state index in [1.165, 1.54) is 42.0 Å². The maximum absolute atomic E-state index is 6.47. The van der Waals surface area contributed by atoms with Crippen LogP contribution in [0.1, 0.15) is 37.3 Å². The van der Waals surface area contributed by atoms with Crippen LogP contribution in [0.25, 0.3) is 10.8 Å². The van der Waals surface area contributed by atoms with Crippen LogP contribution in [0.4, 0.5) is 0 Å². The molecular weight excluding hydrogens is 242 g/mol. The third-order valence-electron chi connectivity index (χ3n) is 4.09. The average molecular weight is 262 g/mol. The SMILES string of the molecule is Cl.N[C@@H](c1cccc2ccccc12)C1CCCC1. The lowest BCUT2D eigenvalue weighted by Gasteiger charge is -2.20. The molecule has 18 heavy (non-hydrogen) atoms. The molecule has 0 aromatic heterocycles. The summed E-state index contributed by atoms with van der Waals surface area (Å²) in [6.07, 6.45) is 5.29. The van der Waals surface area contributed by atoms with Gasteiger partial charge in [0.1, 0.15) is 0 Å². The molecule has 1 nitrogen and oxygen atoms in total. The van der Waals surface area contributed by atoms with Crippen LogP contribution in [0.15, 0.2) is 42.5 Å². The maximum Gasteiger partial charge on any atom is 0.0329 e. The van der Waals surface area contributed by atoms with Crippen LogP contribution in [0.2, 0.25) is 0 Å². The molecule has 0 heterocycles. The van der Waals surface area contributed by atoms with Crippen molar-refractivity contribution in [3.8, 4) is 0 Å². The molecule has 2 aromatic carbocycles. The topological polar surface area (TPSA) is 26.0 Å². The van der Waals surface area contributed by atoms with E-state index in [-0.39, 0.29) is 18.4 Å². The minimum atomic E-state index is 0. The number of rotatable bonds is 2. The predicted molar refractivity (Wildman–Crippen MR) is 80.1 cm³/mol. The third-order valence-corrected chi connectivity index (χ3v) is 4.09. The van der Waals surface area contributed by atoms with Crippen molar-refractivity contribution in [1.29, 1.82) is 0 Å². The Morgan fingerprint density at radius 3 is 2.39 bits per heavy atom. The first-order valence-corrected chi connectivity index (χ1v) is 6.59. The highest BCUT2D eigenvalue weighted by Crippen LogP contribution is 2.36. The van der Waals surface area contributed by atoms with Gasteiger partial charge in [0.25, 0.3) is 0 Å². The summed E-state index contributed by atoms with van der Waals surface area (Å²) in [5.41, 5.74) is 7.80. The third kappa shape index (κ3) is 2.38. The Bertz CT molecular complexity index is 512. The number of halogens is 1. The molecule has 0 saturated heterocycles. The minimum absolute atomic E-state index is 0. The molecule has 1 fully saturated rings. The Hall–Kier alpha value is -1.05. The Kier molecular flexibility index (Phi) is 4.26. The molecule has 1 atom stereocenters. The second-order valence-corrected chi connectivity index (χ2v) is 5.14. The number of hydrogen-bond donors (Lipinski definition) is 1. The van der Waals surface area contributed by atoms with E-state index in [9.17, 15) is 0 Å². The summed E-state index contributed by atoms with van der Waals surface area (Å²) >= 11 is 0. The summed E-state index contributed by atoms with van der Waals surface area (Å²) in [4.78, 5) is 0. The number of benzene rings is 2. The molecule has 1 saturated carbocycles. The molecule has 96 valence electrons. The zero-order valence-corrected chi connectivity index (χ0v) is 11.3. The molecule has 0 bridgehead atoms. The van der Waals surface area contributed by atoms with Gasteiger partial charge in [-0.2, -0.15) is 0 Å². The minimum Gasteiger partial charge on any atom is -0.324 e. The summed E-state index contributed by atoms with van der Waals surface area (Å²) < 4.78 is 0. The second kappa shape index (κ2) is 5.73. The van der Waals surface area contributed by atoms with Gasteiger partial charge < -0.3 is 5.73 Å². The Morgan fingerprint density at radius 2 is 1.61 bits per heavy atom. The van der Waals surface area contributed by atoms with Crippen LogP contribution >= 0.6 is 12.4 Å². The van der Waals surface area contributed by atoms with E-state index in [4.69, 9.17) is 5.73 Å². The first kappa shape index (κ1) is 13.4. The standard InChI is InChI=1S/C16H19N.ClH/c17-16(13-7-1-2-8-13)15-11-5-9-12-6-3-4-10-14(12)15;/h3-6,9-11,13,16H,1-2,7-8,17H2;1H/t16-;/m1./s1. The van der Waals surface area contributed by atoms with Crippen molar-refractivity contribution >= 4 is 23.2 Å². The summed E-state index contributed by atoms with van der Waals surface area (Å²) in [5, 5.41) is 2.63. The van der Waals surface area contributed by atoms with Crippen molar-refractivity contribution in [1.82, 2.24) is 0 Å². The average Bonchev–Trinajstić information content (AvgIpc) is 2.91. The summed E-state index contributed by atoms with van der Waals surface area (Å²) in [6.45, 7) is 0. The fourth-order valence-corrected chi connectivity index (χ4v) is 3.11. The number of hydrogen-bond acceptors (Lipinski definition) is 1. The Morgan fingerprint density at radius 1 is 0.944 bits per heavy atom. The molecule has 3 rings (SSSR count). The van der Waals surface area contributed by atoms with Gasteiger partial charge in [0.05, 0.1) is 0 Å². The molecule has 2 N–H and O–H groups in total. The normalized spacial score (nSPS) is 17.6. The fourth-order valence-electron chi connectivity index (χ4n) is 3.11. The van der Waals surface area contributed by atoms with Crippen molar-refractivity contribution in [2.45, 2.75) is 31.7 Å². The predicted octanol–water partition coefficient (Wildman–Crippen LogP) is 4.45. The lowest BCUT2D eigenvalue weighted by Crippen LogP contribution is -2.19. The second-order valence-electron chi connectivity index (χ2n) is 5.14. The molecule has 2 heteroatoms. The van der Waals surface area contributed by atoms with Crippen LogP contribution < -0.4 is 5.73 Å². The van der Waals surface area contributed by atoms with Gasteiger partial charge in [-0.25, -0.2) is 0 Å². The molecule has 1 aliphatic carbocycles. The zero-order valence-electron chi connectivity index (χ0n) is 10.5. The highest BCUT2D eigenvalue weighted by molar-refractivity contribution is 5.86. The van der Waals surface area contributed by atoms with Gasteiger partial charge in [-0.3, -0.25) is 0 Å². The smallest absolute Gasteiger partial charge is 0.0329 e. The van der Waals surface area contributed by atoms with Gasteiger partial charge in [0, 0.05) is 6.04 Å². The van der Waals surface area contributed by atoms with E-state index in [1.54, 1.807) is 0 Å². The number of fused-ring (bicyclic) bond motifs is 1.